The molecule has 1 aromatic heterocycles. The van der Waals surface area contributed by atoms with E-state index in [0.717, 1.165) is 24.7 Å². The molecule has 0 amide bonds. The summed E-state index contributed by atoms with van der Waals surface area (Å²) in [6, 6.07) is 5.79. The van der Waals surface area contributed by atoms with E-state index in [4.69, 9.17) is 4.74 Å². The summed E-state index contributed by atoms with van der Waals surface area (Å²) in [5.74, 6) is -0.932. The zero-order chi connectivity index (χ0) is 18.8. The number of aromatic amines is 1. The lowest BCUT2D eigenvalue weighted by molar-refractivity contribution is 0.122. The molecule has 0 bridgehead atoms. The quantitative estimate of drug-likeness (QED) is 0.883. The summed E-state index contributed by atoms with van der Waals surface area (Å²) < 4.78 is 32.7. The fourth-order valence-corrected chi connectivity index (χ4v) is 3.73. The van der Waals surface area contributed by atoms with Crippen molar-refractivity contribution in [3.63, 3.8) is 0 Å². The summed E-state index contributed by atoms with van der Waals surface area (Å²) in [4.78, 5) is 23.7. The number of nitrogens with zero attached hydrogens (tertiary/aromatic N) is 3. The summed E-state index contributed by atoms with van der Waals surface area (Å²) in [6.45, 7) is 4.38. The smallest absolute Gasteiger partial charge is 0.252 e. The molecule has 2 aliphatic rings. The maximum atomic E-state index is 13.9. The number of rotatable bonds is 4. The summed E-state index contributed by atoms with van der Waals surface area (Å²) in [5, 5.41) is 0. The van der Waals surface area contributed by atoms with Crippen molar-refractivity contribution < 1.29 is 13.5 Å². The number of benzene rings is 1. The van der Waals surface area contributed by atoms with Gasteiger partial charge in [0.15, 0.2) is 11.6 Å². The van der Waals surface area contributed by atoms with Crippen LogP contribution in [0.3, 0.4) is 0 Å². The molecular formula is C19H22F2N4O2. The molecule has 2 saturated heterocycles. The number of halogens is 2. The van der Waals surface area contributed by atoms with Crippen molar-refractivity contribution in [3.05, 3.63) is 57.5 Å². The molecule has 2 aliphatic heterocycles. The van der Waals surface area contributed by atoms with Crippen molar-refractivity contribution in [1.82, 2.24) is 14.9 Å². The topological polar surface area (TPSA) is 61.5 Å². The molecule has 0 unspecified atom stereocenters. The Kier molecular flexibility index (Phi) is 5.18. The average Bonchev–Trinajstić information content (AvgIpc) is 3.14. The highest BCUT2D eigenvalue weighted by molar-refractivity contribution is 5.32. The van der Waals surface area contributed by atoms with Gasteiger partial charge in [0.2, 0.25) is 5.95 Å². The van der Waals surface area contributed by atoms with Gasteiger partial charge in [-0.3, -0.25) is 14.7 Å². The summed E-state index contributed by atoms with van der Waals surface area (Å²) in [5.41, 5.74) is 0.932. The highest BCUT2D eigenvalue weighted by Crippen LogP contribution is 2.28. The molecule has 3 heterocycles. The minimum atomic E-state index is -0.824. The first-order valence-corrected chi connectivity index (χ1v) is 9.19. The maximum absolute atomic E-state index is 13.9. The average molecular weight is 376 g/mol. The number of H-pyrrole nitrogens is 1. The number of likely N-dealkylation sites (tertiary alicyclic amines) is 1. The molecule has 2 aromatic rings. The molecule has 1 aromatic carbocycles. The third-order valence-corrected chi connectivity index (χ3v) is 5.18. The number of aromatic nitrogens is 2. The number of hydrogen-bond donors (Lipinski definition) is 1. The van der Waals surface area contributed by atoms with Crippen molar-refractivity contribution >= 4 is 5.95 Å². The molecular weight excluding hydrogens is 354 g/mol. The molecule has 8 heteroatoms. The fraction of sp³-hybridized carbons (Fsp3) is 0.474. The molecule has 0 radical (unpaired) electrons. The van der Waals surface area contributed by atoms with Gasteiger partial charge < -0.3 is 9.64 Å². The van der Waals surface area contributed by atoms with E-state index < -0.39 is 11.6 Å². The van der Waals surface area contributed by atoms with Gasteiger partial charge in [0.25, 0.3) is 5.56 Å². The van der Waals surface area contributed by atoms with E-state index in [1.165, 1.54) is 6.07 Å². The first-order chi connectivity index (χ1) is 13.1. The van der Waals surface area contributed by atoms with Crippen LogP contribution in [0, 0.1) is 11.6 Å². The van der Waals surface area contributed by atoms with E-state index in [9.17, 15) is 13.6 Å². The van der Waals surface area contributed by atoms with Crippen LogP contribution in [0.1, 0.15) is 23.6 Å². The van der Waals surface area contributed by atoms with Crippen molar-refractivity contribution in [2.45, 2.75) is 18.9 Å². The van der Waals surface area contributed by atoms with Gasteiger partial charge in [0.05, 0.1) is 18.9 Å². The SMILES string of the molecule is O=c1cc([C@@H]2CCN(Cc3cccc(F)c3F)C2)nc(N2CCOCC2)[nH]1. The summed E-state index contributed by atoms with van der Waals surface area (Å²) >= 11 is 0. The molecule has 1 atom stereocenters. The summed E-state index contributed by atoms with van der Waals surface area (Å²) in [7, 11) is 0. The third kappa shape index (κ3) is 4.01. The van der Waals surface area contributed by atoms with E-state index in [0.29, 0.717) is 50.9 Å². The van der Waals surface area contributed by atoms with Crippen molar-refractivity contribution in [1.29, 1.82) is 0 Å². The van der Waals surface area contributed by atoms with Crippen LogP contribution in [0.4, 0.5) is 14.7 Å². The first-order valence-electron chi connectivity index (χ1n) is 9.19. The van der Waals surface area contributed by atoms with E-state index in [1.807, 2.05) is 4.90 Å². The van der Waals surface area contributed by atoms with E-state index in [2.05, 4.69) is 14.9 Å². The zero-order valence-corrected chi connectivity index (χ0v) is 15.0. The molecule has 4 rings (SSSR count). The molecule has 6 nitrogen and oxygen atoms in total. The number of morpholine rings is 1. The Hall–Kier alpha value is -2.32. The Balaban J connectivity index is 1.47. The predicted octanol–water partition coefficient (Wildman–Crippen LogP) is 1.87. The van der Waals surface area contributed by atoms with Crippen LogP contribution < -0.4 is 10.5 Å². The molecule has 0 aliphatic carbocycles. The van der Waals surface area contributed by atoms with Gasteiger partial charge in [-0.05, 0) is 19.0 Å². The van der Waals surface area contributed by atoms with Gasteiger partial charge in [0, 0.05) is 43.7 Å². The Morgan fingerprint density at radius 2 is 2.04 bits per heavy atom. The first kappa shape index (κ1) is 18.1. The van der Waals surface area contributed by atoms with Gasteiger partial charge >= 0.3 is 0 Å². The minimum Gasteiger partial charge on any atom is -0.378 e. The Morgan fingerprint density at radius 1 is 1.22 bits per heavy atom. The van der Waals surface area contributed by atoms with E-state index in [-0.39, 0.29) is 11.5 Å². The van der Waals surface area contributed by atoms with Crippen LogP contribution >= 0.6 is 0 Å². The minimum absolute atomic E-state index is 0.101. The number of hydrogen-bond acceptors (Lipinski definition) is 5. The second-order valence-corrected chi connectivity index (χ2v) is 7.03. The number of nitrogens with one attached hydrogen (secondary N) is 1. The molecule has 27 heavy (non-hydrogen) atoms. The van der Waals surface area contributed by atoms with Crippen LogP contribution in [0.25, 0.3) is 0 Å². The summed E-state index contributed by atoms with van der Waals surface area (Å²) in [6.07, 6.45) is 0.829. The van der Waals surface area contributed by atoms with Crippen LogP contribution in [-0.2, 0) is 11.3 Å². The monoisotopic (exact) mass is 376 g/mol. The lowest BCUT2D eigenvalue weighted by atomic mass is 10.0. The van der Waals surface area contributed by atoms with Gasteiger partial charge in [-0.1, -0.05) is 12.1 Å². The molecule has 0 saturated carbocycles. The van der Waals surface area contributed by atoms with Gasteiger partial charge in [-0.25, -0.2) is 13.8 Å². The maximum Gasteiger partial charge on any atom is 0.252 e. The second kappa shape index (κ2) is 7.74. The number of ether oxygens (including phenoxy) is 1. The van der Waals surface area contributed by atoms with Gasteiger partial charge in [-0.2, -0.15) is 0 Å². The van der Waals surface area contributed by atoms with E-state index >= 15 is 0 Å². The molecule has 2 fully saturated rings. The number of anilines is 1. The lowest BCUT2D eigenvalue weighted by Crippen LogP contribution is -2.38. The largest absolute Gasteiger partial charge is 0.378 e. The van der Waals surface area contributed by atoms with Crippen molar-refractivity contribution in [2.24, 2.45) is 0 Å². The highest BCUT2D eigenvalue weighted by atomic mass is 19.2. The molecule has 1 N–H and O–H groups in total. The Morgan fingerprint density at radius 3 is 2.85 bits per heavy atom. The third-order valence-electron chi connectivity index (χ3n) is 5.18. The Labute approximate surface area is 155 Å². The Bertz CT molecular complexity index is 867. The lowest BCUT2D eigenvalue weighted by Gasteiger charge is -2.27. The van der Waals surface area contributed by atoms with Crippen LogP contribution in [0.15, 0.2) is 29.1 Å². The molecule has 144 valence electrons. The van der Waals surface area contributed by atoms with Crippen LogP contribution in [-0.4, -0.2) is 54.3 Å². The van der Waals surface area contributed by atoms with Crippen LogP contribution in [0.5, 0.6) is 0 Å². The molecule has 0 spiro atoms. The normalized spacial score (nSPS) is 21.0. The fourth-order valence-electron chi connectivity index (χ4n) is 3.73. The van der Waals surface area contributed by atoms with Gasteiger partial charge in [-0.15, -0.1) is 0 Å². The van der Waals surface area contributed by atoms with Crippen LogP contribution in [0.2, 0.25) is 0 Å². The van der Waals surface area contributed by atoms with Crippen molar-refractivity contribution in [3.8, 4) is 0 Å². The highest BCUT2D eigenvalue weighted by Gasteiger charge is 2.27. The second-order valence-electron chi connectivity index (χ2n) is 7.03. The predicted molar refractivity (Wildman–Crippen MR) is 96.9 cm³/mol. The standard InChI is InChI=1S/C19H22F2N4O2/c20-15-3-1-2-14(18(15)21)12-24-5-4-13(11-24)16-10-17(26)23-19(22-16)25-6-8-27-9-7-25/h1-3,10,13H,4-9,11-12H2,(H,22,23,26)/t13-/m1/s1. The van der Waals surface area contributed by atoms with E-state index in [1.54, 1.807) is 12.1 Å². The van der Waals surface area contributed by atoms with Crippen molar-refractivity contribution in [2.75, 3.05) is 44.3 Å². The zero-order valence-electron chi connectivity index (χ0n) is 15.0. The van der Waals surface area contributed by atoms with Gasteiger partial charge in [0.1, 0.15) is 0 Å².